The van der Waals surface area contributed by atoms with E-state index in [0.717, 1.165) is 22.3 Å². The van der Waals surface area contributed by atoms with Gasteiger partial charge in [-0.1, -0.05) is 32.0 Å². The highest BCUT2D eigenvalue weighted by molar-refractivity contribution is 6.74. The normalized spacial score (nSPS) is 15.9. The topological polar surface area (TPSA) is 75.6 Å². The molecule has 190 valence electrons. The van der Waals surface area contributed by atoms with E-state index in [-0.39, 0.29) is 5.04 Å². The van der Waals surface area contributed by atoms with Crippen LogP contribution in [0.15, 0.2) is 35.5 Å². The van der Waals surface area contributed by atoms with Crippen molar-refractivity contribution in [2.75, 3.05) is 28.4 Å². The van der Waals surface area contributed by atoms with Crippen molar-refractivity contribution >= 4 is 13.9 Å². The summed E-state index contributed by atoms with van der Waals surface area (Å²) in [6.07, 6.45) is 3.09. The third-order valence-electron chi connectivity index (χ3n) is 7.05. The van der Waals surface area contributed by atoms with Crippen LogP contribution in [0.1, 0.15) is 43.9 Å². The van der Waals surface area contributed by atoms with Crippen LogP contribution in [0.4, 0.5) is 0 Å². The molecule has 1 aliphatic carbocycles. The summed E-state index contributed by atoms with van der Waals surface area (Å²) in [4.78, 5) is 11.7. The number of ether oxygens (including phenoxy) is 4. The van der Waals surface area contributed by atoms with E-state index in [2.05, 4.69) is 39.0 Å². The first-order valence-corrected chi connectivity index (χ1v) is 14.7. The number of rotatable bonds is 8. The first kappa shape index (κ1) is 26.6. The molecule has 3 rings (SSSR count). The summed E-state index contributed by atoms with van der Waals surface area (Å²) >= 11 is 0. The lowest BCUT2D eigenvalue weighted by Crippen LogP contribution is -2.43. The second kappa shape index (κ2) is 10.3. The van der Waals surface area contributed by atoms with Gasteiger partial charge in [-0.15, -0.1) is 0 Å². The lowest BCUT2D eigenvalue weighted by atomic mass is 9.92. The Balaban J connectivity index is 2.25. The summed E-state index contributed by atoms with van der Waals surface area (Å²) in [5.74, 6) is 3.04. The van der Waals surface area contributed by atoms with E-state index < -0.39 is 14.4 Å². The van der Waals surface area contributed by atoms with Crippen molar-refractivity contribution in [3.05, 3.63) is 51.9 Å². The third-order valence-corrected chi connectivity index (χ3v) is 11.4. The third kappa shape index (κ3) is 5.17. The molecule has 0 aliphatic heterocycles. The van der Waals surface area contributed by atoms with Gasteiger partial charge < -0.3 is 23.4 Å². The van der Waals surface area contributed by atoms with Crippen molar-refractivity contribution < 1.29 is 23.4 Å². The highest BCUT2D eigenvalue weighted by Gasteiger charge is 2.39. The van der Waals surface area contributed by atoms with E-state index in [1.165, 1.54) is 0 Å². The molecule has 0 heterocycles. The fourth-order valence-electron chi connectivity index (χ4n) is 4.05. The van der Waals surface area contributed by atoms with Gasteiger partial charge in [-0.25, -0.2) is 0 Å². The van der Waals surface area contributed by atoms with Gasteiger partial charge in [0.15, 0.2) is 17.2 Å². The van der Waals surface area contributed by atoms with Crippen LogP contribution < -0.4 is 23.4 Å². The summed E-state index contributed by atoms with van der Waals surface area (Å²) in [6.45, 7) is 11.0. The van der Waals surface area contributed by atoms with Crippen LogP contribution in [0.25, 0.3) is 5.57 Å². The average molecular weight is 500 g/mol. The Morgan fingerprint density at radius 3 is 2.09 bits per heavy atom. The molecule has 0 saturated heterocycles. The quantitative estimate of drug-likeness (QED) is 0.300. The Morgan fingerprint density at radius 2 is 1.54 bits per heavy atom. The van der Waals surface area contributed by atoms with Gasteiger partial charge in [0, 0.05) is 5.56 Å². The Bertz CT molecular complexity index is 1120. The molecule has 8 heteroatoms. The molecule has 2 aromatic carbocycles. The molecule has 2 aromatic rings. The first-order valence-electron chi connectivity index (χ1n) is 11.7. The molecule has 1 unspecified atom stereocenters. The summed E-state index contributed by atoms with van der Waals surface area (Å²) in [5, 5.41) is 3.40. The second-order valence-corrected chi connectivity index (χ2v) is 14.9. The van der Waals surface area contributed by atoms with Gasteiger partial charge in [-0.3, -0.25) is 0 Å². The molecule has 0 saturated carbocycles. The fraction of sp³-hybridized carbons (Fsp3) is 0.481. The van der Waals surface area contributed by atoms with E-state index >= 15 is 0 Å². The largest absolute Gasteiger partial charge is 0.541 e. The lowest BCUT2D eigenvalue weighted by Gasteiger charge is -2.37. The van der Waals surface area contributed by atoms with Crippen molar-refractivity contribution in [3.63, 3.8) is 0 Å². The lowest BCUT2D eigenvalue weighted by molar-refractivity contribution is 0.322. The zero-order chi connectivity index (χ0) is 26.0. The molecule has 0 bridgehead atoms. The number of benzene rings is 2. The fourth-order valence-corrected chi connectivity index (χ4v) is 5.06. The molecule has 7 nitrogen and oxygen atoms in total. The summed E-state index contributed by atoms with van der Waals surface area (Å²) in [6, 6.07) is 7.33. The van der Waals surface area contributed by atoms with Crippen LogP contribution >= 0.6 is 0 Å². The molecule has 0 aromatic heterocycles. The highest BCUT2D eigenvalue weighted by atomic mass is 28.4. The zero-order valence-electron chi connectivity index (χ0n) is 22.3. The van der Waals surface area contributed by atoms with Gasteiger partial charge >= 0.3 is 0 Å². The molecule has 1 atom stereocenters. The number of hydrogen-bond donors (Lipinski definition) is 0. The SMILES string of the molecule is COc1ccc(C2=CC(N=O)CCc3c2cc(OC)c(OC)c3OC)cc1O[Si](C)(C)C(C)(C)C. The minimum absolute atomic E-state index is 0.0199. The van der Waals surface area contributed by atoms with Gasteiger partial charge in [0.2, 0.25) is 5.75 Å². The van der Waals surface area contributed by atoms with Gasteiger partial charge in [0.1, 0.15) is 11.8 Å². The van der Waals surface area contributed by atoms with Gasteiger partial charge in [0.25, 0.3) is 8.32 Å². The number of hydrogen-bond acceptors (Lipinski definition) is 7. The maximum absolute atomic E-state index is 11.7. The van der Waals surface area contributed by atoms with Crippen LogP contribution in [0.5, 0.6) is 28.7 Å². The van der Waals surface area contributed by atoms with Crippen LogP contribution in [0, 0.1) is 4.91 Å². The predicted octanol–water partition coefficient (Wildman–Crippen LogP) is 6.62. The Labute approximate surface area is 209 Å². The predicted molar refractivity (Wildman–Crippen MR) is 142 cm³/mol. The number of nitroso groups, excluding NO2 is 1. The first-order chi connectivity index (χ1) is 16.5. The van der Waals surface area contributed by atoms with Crippen LogP contribution in [0.2, 0.25) is 18.1 Å². The minimum atomic E-state index is -2.13. The monoisotopic (exact) mass is 499 g/mol. The van der Waals surface area contributed by atoms with E-state index in [0.29, 0.717) is 41.6 Å². The smallest absolute Gasteiger partial charge is 0.250 e. The van der Waals surface area contributed by atoms with Crippen molar-refractivity contribution in [3.8, 4) is 28.7 Å². The minimum Gasteiger partial charge on any atom is -0.541 e. The second-order valence-electron chi connectivity index (χ2n) is 10.2. The zero-order valence-corrected chi connectivity index (χ0v) is 23.3. The summed E-state index contributed by atoms with van der Waals surface area (Å²) in [7, 11) is 4.30. The molecule has 1 aliphatic rings. The molecule has 0 radical (unpaired) electrons. The van der Waals surface area contributed by atoms with E-state index in [1.54, 1.807) is 28.4 Å². The Morgan fingerprint density at radius 1 is 0.886 bits per heavy atom. The maximum atomic E-state index is 11.7. The van der Waals surface area contributed by atoms with Crippen LogP contribution in [-0.4, -0.2) is 42.8 Å². The van der Waals surface area contributed by atoms with Crippen molar-refractivity contribution in [2.45, 2.75) is 57.8 Å². The number of fused-ring (bicyclic) bond motifs is 1. The molecule has 0 fully saturated rings. The molecule has 0 amide bonds. The molecular formula is C27H37NO6Si. The standard InChI is InChI=1S/C27H37NO6Si/c1-27(2,3)35(8,9)34-23-14-17(10-13-22(23)30-4)20-15-18(28-29)11-12-19-21(20)16-24(31-5)26(33-7)25(19)32-6/h10,13-16,18H,11-12H2,1-9H3. The van der Waals surface area contributed by atoms with Crippen LogP contribution in [-0.2, 0) is 6.42 Å². The maximum Gasteiger partial charge on any atom is 0.250 e. The molecular weight excluding hydrogens is 462 g/mol. The molecule has 0 N–H and O–H groups in total. The summed E-state index contributed by atoms with van der Waals surface area (Å²) in [5.41, 5.74) is 3.62. The Kier molecular flexibility index (Phi) is 7.84. The highest BCUT2D eigenvalue weighted by Crippen LogP contribution is 2.48. The van der Waals surface area contributed by atoms with Gasteiger partial charge in [0.05, 0.1) is 28.4 Å². The van der Waals surface area contributed by atoms with E-state index in [9.17, 15) is 4.91 Å². The van der Waals surface area contributed by atoms with Gasteiger partial charge in [-0.2, -0.15) is 4.91 Å². The van der Waals surface area contributed by atoms with Crippen molar-refractivity contribution in [1.29, 1.82) is 0 Å². The summed E-state index contributed by atoms with van der Waals surface area (Å²) < 4.78 is 29.3. The van der Waals surface area contributed by atoms with Crippen LogP contribution in [0.3, 0.4) is 0 Å². The van der Waals surface area contributed by atoms with Crippen molar-refractivity contribution in [2.24, 2.45) is 5.18 Å². The number of methoxy groups -OCH3 is 4. The molecule has 0 spiro atoms. The van der Waals surface area contributed by atoms with Crippen molar-refractivity contribution in [1.82, 2.24) is 0 Å². The van der Waals surface area contributed by atoms with Gasteiger partial charge in [-0.05, 0) is 71.9 Å². The number of nitrogens with zero attached hydrogens (tertiary/aromatic N) is 1. The van der Waals surface area contributed by atoms with E-state index in [1.807, 2.05) is 30.3 Å². The average Bonchev–Trinajstić information content (AvgIpc) is 3.01. The molecule has 35 heavy (non-hydrogen) atoms. The van der Waals surface area contributed by atoms with E-state index in [4.69, 9.17) is 23.4 Å². The Hall–Kier alpha value is -3.00.